The van der Waals surface area contributed by atoms with Gasteiger partial charge < -0.3 is 0 Å². The molecule has 0 aliphatic heterocycles. The van der Waals surface area contributed by atoms with E-state index < -0.39 is 0 Å². The summed E-state index contributed by atoms with van der Waals surface area (Å²) in [7, 11) is 0. The third-order valence-corrected chi connectivity index (χ3v) is 4.02. The Kier molecular flexibility index (Phi) is 7.60. The Labute approximate surface area is 120 Å². The first-order valence-electron chi connectivity index (χ1n) is 6.76. The summed E-state index contributed by atoms with van der Waals surface area (Å²) in [6, 6.07) is 6.72. The van der Waals surface area contributed by atoms with Crippen LogP contribution in [0.2, 0.25) is 0 Å². The first-order chi connectivity index (χ1) is 9.11. The second-order valence-electron chi connectivity index (χ2n) is 4.93. The Morgan fingerprint density at radius 3 is 2.47 bits per heavy atom. The van der Waals surface area contributed by atoms with Gasteiger partial charge in [-0.3, -0.25) is 10.2 Å². The minimum Gasteiger partial charge on any atom is -0.294 e. The Morgan fingerprint density at radius 2 is 1.84 bits per heavy atom. The maximum Gasteiger partial charge on any atom is 0.233 e. The number of unbranched alkanes of at least 4 members (excludes halogenated alkanes) is 2. The van der Waals surface area contributed by atoms with Gasteiger partial charge in [0, 0.05) is 12.2 Å². The zero-order chi connectivity index (χ0) is 14.1. The van der Waals surface area contributed by atoms with E-state index in [9.17, 15) is 4.79 Å². The molecule has 1 rings (SSSR count). The predicted octanol–water partition coefficient (Wildman–Crippen LogP) is 3.09. The average Bonchev–Trinajstić information content (AvgIpc) is 2.36. The maximum atomic E-state index is 10.9. The van der Waals surface area contributed by atoms with Gasteiger partial charge in [0.05, 0.1) is 0 Å². The van der Waals surface area contributed by atoms with Crippen LogP contribution in [-0.4, -0.2) is 11.7 Å². The quantitative estimate of drug-likeness (QED) is 0.333. The lowest BCUT2D eigenvalue weighted by Gasteiger charge is -2.05. The van der Waals surface area contributed by atoms with Gasteiger partial charge in [-0.1, -0.05) is 35.7 Å². The van der Waals surface area contributed by atoms with E-state index in [4.69, 9.17) is 5.84 Å². The van der Waals surface area contributed by atoms with Gasteiger partial charge in [0.2, 0.25) is 5.91 Å². The van der Waals surface area contributed by atoms with E-state index in [1.165, 1.54) is 16.7 Å². The van der Waals surface area contributed by atoms with Crippen LogP contribution in [0.1, 0.15) is 42.4 Å². The Bertz CT molecular complexity index is 387. The third-order valence-electron chi connectivity index (χ3n) is 2.90. The fourth-order valence-corrected chi connectivity index (χ4v) is 3.04. The van der Waals surface area contributed by atoms with Gasteiger partial charge in [-0.05, 0) is 38.0 Å². The SMILES string of the molecule is Cc1cc(C)cc(CSCCCCCC(=O)NN)c1. The van der Waals surface area contributed by atoms with Gasteiger partial charge in [-0.15, -0.1) is 0 Å². The van der Waals surface area contributed by atoms with Crippen molar-refractivity contribution in [1.82, 2.24) is 5.43 Å². The molecule has 0 atom stereocenters. The molecule has 0 bridgehead atoms. The molecule has 0 aromatic heterocycles. The normalized spacial score (nSPS) is 10.5. The monoisotopic (exact) mass is 280 g/mol. The molecular weight excluding hydrogens is 256 g/mol. The van der Waals surface area contributed by atoms with Crippen LogP contribution < -0.4 is 11.3 Å². The summed E-state index contributed by atoms with van der Waals surface area (Å²) in [6.07, 6.45) is 3.71. The predicted molar refractivity (Wildman–Crippen MR) is 82.9 cm³/mol. The van der Waals surface area contributed by atoms with E-state index in [2.05, 4.69) is 37.5 Å². The minimum atomic E-state index is -0.0668. The molecule has 1 aromatic carbocycles. The number of rotatable bonds is 8. The Morgan fingerprint density at radius 1 is 1.16 bits per heavy atom. The lowest BCUT2D eigenvalue weighted by molar-refractivity contribution is -0.121. The van der Waals surface area contributed by atoms with Gasteiger partial charge in [0.25, 0.3) is 0 Å². The van der Waals surface area contributed by atoms with Crippen LogP contribution in [0, 0.1) is 13.8 Å². The molecule has 1 aromatic rings. The highest BCUT2D eigenvalue weighted by Gasteiger charge is 1.99. The summed E-state index contributed by atoms with van der Waals surface area (Å²) in [5.41, 5.74) is 6.24. The summed E-state index contributed by atoms with van der Waals surface area (Å²) in [4.78, 5) is 10.9. The van der Waals surface area contributed by atoms with Crippen LogP contribution in [0.25, 0.3) is 0 Å². The highest BCUT2D eigenvalue weighted by atomic mass is 32.2. The van der Waals surface area contributed by atoms with Crippen LogP contribution in [0.5, 0.6) is 0 Å². The van der Waals surface area contributed by atoms with Crippen molar-refractivity contribution in [2.24, 2.45) is 5.84 Å². The minimum absolute atomic E-state index is 0.0668. The van der Waals surface area contributed by atoms with Gasteiger partial charge >= 0.3 is 0 Å². The van der Waals surface area contributed by atoms with Crippen molar-refractivity contribution in [3.8, 4) is 0 Å². The molecule has 1 amide bonds. The van der Waals surface area contributed by atoms with Crippen molar-refractivity contribution >= 4 is 17.7 Å². The van der Waals surface area contributed by atoms with E-state index in [0.717, 1.165) is 30.8 Å². The van der Waals surface area contributed by atoms with Crippen molar-refractivity contribution < 1.29 is 4.79 Å². The largest absolute Gasteiger partial charge is 0.294 e. The van der Waals surface area contributed by atoms with E-state index in [1.54, 1.807) is 0 Å². The molecule has 0 spiro atoms. The number of amides is 1. The number of benzene rings is 1. The zero-order valence-corrected chi connectivity index (χ0v) is 12.7. The number of hydrogen-bond acceptors (Lipinski definition) is 3. The highest BCUT2D eigenvalue weighted by molar-refractivity contribution is 7.98. The number of carbonyl (C=O) groups excluding carboxylic acids is 1. The summed E-state index contributed by atoms with van der Waals surface area (Å²) in [6.45, 7) is 4.29. The average molecular weight is 280 g/mol. The molecule has 0 fully saturated rings. The lowest BCUT2D eigenvalue weighted by atomic mass is 10.1. The van der Waals surface area contributed by atoms with Gasteiger partial charge in [-0.2, -0.15) is 11.8 Å². The zero-order valence-electron chi connectivity index (χ0n) is 11.9. The van der Waals surface area contributed by atoms with E-state index in [0.29, 0.717) is 6.42 Å². The summed E-state index contributed by atoms with van der Waals surface area (Å²) in [5, 5.41) is 0. The molecule has 106 valence electrons. The van der Waals surface area contributed by atoms with Gasteiger partial charge in [0.1, 0.15) is 0 Å². The number of nitrogens with two attached hydrogens (primary N) is 1. The molecule has 0 saturated heterocycles. The first kappa shape index (κ1) is 16.1. The summed E-state index contributed by atoms with van der Waals surface area (Å²) < 4.78 is 0. The first-order valence-corrected chi connectivity index (χ1v) is 7.91. The van der Waals surface area contributed by atoms with Crippen LogP contribution in [0.3, 0.4) is 0 Å². The topological polar surface area (TPSA) is 55.1 Å². The molecule has 0 radical (unpaired) electrons. The van der Waals surface area contributed by atoms with Gasteiger partial charge in [0.15, 0.2) is 0 Å². The summed E-state index contributed by atoms with van der Waals surface area (Å²) >= 11 is 1.96. The molecule has 3 nitrogen and oxygen atoms in total. The van der Waals surface area contributed by atoms with Crippen molar-refractivity contribution in [3.05, 3.63) is 34.9 Å². The Balaban J connectivity index is 2.09. The molecule has 0 unspecified atom stereocenters. The van der Waals surface area contributed by atoms with Crippen molar-refractivity contribution in [3.63, 3.8) is 0 Å². The van der Waals surface area contributed by atoms with Crippen LogP contribution in [0.15, 0.2) is 18.2 Å². The van der Waals surface area contributed by atoms with Crippen molar-refractivity contribution in [2.45, 2.75) is 45.3 Å². The summed E-state index contributed by atoms with van der Waals surface area (Å²) in [5.74, 6) is 7.18. The van der Waals surface area contributed by atoms with E-state index in [1.807, 2.05) is 11.8 Å². The molecule has 3 N–H and O–H groups in total. The second kappa shape index (κ2) is 8.99. The molecule has 0 heterocycles. The molecule has 0 saturated carbocycles. The molecule has 4 heteroatoms. The fourth-order valence-electron chi connectivity index (χ4n) is 2.08. The van der Waals surface area contributed by atoms with Crippen LogP contribution >= 0.6 is 11.8 Å². The molecular formula is C15H24N2OS. The fraction of sp³-hybridized carbons (Fsp3) is 0.533. The second-order valence-corrected chi connectivity index (χ2v) is 6.03. The number of carbonyl (C=O) groups is 1. The van der Waals surface area contributed by atoms with Crippen molar-refractivity contribution in [2.75, 3.05) is 5.75 Å². The highest BCUT2D eigenvalue weighted by Crippen LogP contribution is 2.17. The third kappa shape index (κ3) is 7.23. The van der Waals surface area contributed by atoms with Crippen molar-refractivity contribution in [1.29, 1.82) is 0 Å². The molecule has 0 aliphatic rings. The molecule has 19 heavy (non-hydrogen) atoms. The standard InChI is InChI=1S/C15H24N2OS/c1-12-8-13(2)10-14(9-12)11-19-7-5-3-4-6-15(18)17-16/h8-10H,3-7,11,16H2,1-2H3,(H,17,18). The van der Waals surface area contributed by atoms with E-state index in [-0.39, 0.29) is 5.91 Å². The van der Waals surface area contributed by atoms with E-state index >= 15 is 0 Å². The number of hydrogen-bond donors (Lipinski definition) is 2. The number of aryl methyl sites for hydroxylation is 2. The Hall–Kier alpha value is -1.00. The number of thioether (sulfide) groups is 1. The van der Waals surface area contributed by atoms with Gasteiger partial charge in [-0.25, -0.2) is 5.84 Å². The van der Waals surface area contributed by atoms with Crippen LogP contribution in [0.4, 0.5) is 0 Å². The molecule has 0 aliphatic carbocycles. The maximum absolute atomic E-state index is 10.9. The number of nitrogens with one attached hydrogen (secondary N) is 1. The smallest absolute Gasteiger partial charge is 0.233 e. The number of hydrazine groups is 1. The van der Waals surface area contributed by atoms with Crippen LogP contribution in [-0.2, 0) is 10.5 Å². The lowest BCUT2D eigenvalue weighted by Crippen LogP contribution is -2.29.